The van der Waals surface area contributed by atoms with E-state index in [1.54, 1.807) is 0 Å². The average molecular weight is 372 g/mol. The number of nitro groups is 1. The number of amides is 1. The molecule has 144 valence electrons. The molecule has 1 atom stereocenters. The van der Waals surface area contributed by atoms with Gasteiger partial charge in [-0.15, -0.1) is 0 Å². The zero-order valence-corrected chi connectivity index (χ0v) is 15.7. The number of carbonyl (C=O) groups excluding carboxylic acids is 1. The SMILES string of the molecule is COc1ccc([N+](=O)[O-])cc1OCC(=O)N[C@@H](CC(C)C)c1ccccc1. The van der Waals surface area contributed by atoms with Crippen LogP contribution in [0.4, 0.5) is 5.69 Å². The summed E-state index contributed by atoms with van der Waals surface area (Å²) in [6.45, 7) is 3.91. The third kappa shape index (κ3) is 5.99. The second kappa shape index (κ2) is 9.56. The number of methoxy groups -OCH3 is 1. The molecule has 27 heavy (non-hydrogen) atoms. The molecule has 0 saturated carbocycles. The number of hydrogen-bond acceptors (Lipinski definition) is 5. The van der Waals surface area contributed by atoms with E-state index in [4.69, 9.17) is 9.47 Å². The van der Waals surface area contributed by atoms with Crippen molar-refractivity contribution in [3.8, 4) is 11.5 Å². The lowest BCUT2D eigenvalue weighted by atomic mass is 9.97. The van der Waals surface area contributed by atoms with Crippen LogP contribution in [0, 0.1) is 16.0 Å². The standard InChI is InChI=1S/C20H24N2O5/c1-14(2)11-17(15-7-5-4-6-8-15)21-20(23)13-27-19-12-16(22(24)25)9-10-18(19)26-3/h4-10,12,14,17H,11,13H2,1-3H3,(H,21,23)/t17-/m0/s1. The molecule has 0 aliphatic carbocycles. The van der Waals surface area contributed by atoms with Gasteiger partial charge < -0.3 is 14.8 Å². The van der Waals surface area contributed by atoms with Crippen molar-refractivity contribution in [2.75, 3.05) is 13.7 Å². The van der Waals surface area contributed by atoms with Crippen LogP contribution in [0.2, 0.25) is 0 Å². The van der Waals surface area contributed by atoms with E-state index in [-0.39, 0.29) is 30.0 Å². The zero-order valence-electron chi connectivity index (χ0n) is 15.7. The van der Waals surface area contributed by atoms with E-state index in [9.17, 15) is 14.9 Å². The van der Waals surface area contributed by atoms with Gasteiger partial charge >= 0.3 is 0 Å². The van der Waals surface area contributed by atoms with E-state index in [1.807, 2.05) is 30.3 Å². The molecule has 0 aliphatic rings. The lowest BCUT2D eigenvalue weighted by Crippen LogP contribution is -2.33. The van der Waals surface area contributed by atoms with Gasteiger partial charge in [-0.1, -0.05) is 44.2 Å². The summed E-state index contributed by atoms with van der Waals surface area (Å²) in [5, 5.41) is 13.9. The van der Waals surface area contributed by atoms with Gasteiger partial charge in [-0.05, 0) is 24.0 Å². The molecule has 0 saturated heterocycles. The zero-order chi connectivity index (χ0) is 19.8. The van der Waals surface area contributed by atoms with Gasteiger partial charge in [0.15, 0.2) is 18.1 Å². The van der Waals surface area contributed by atoms with Crippen LogP contribution in [-0.4, -0.2) is 24.5 Å². The molecule has 1 N–H and O–H groups in total. The minimum atomic E-state index is -0.527. The number of ether oxygens (including phenoxy) is 2. The highest BCUT2D eigenvalue weighted by molar-refractivity contribution is 5.78. The summed E-state index contributed by atoms with van der Waals surface area (Å²) in [6, 6.07) is 13.6. The molecule has 0 aromatic heterocycles. The molecule has 2 aromatic rings. The number of rotatable bonds is 9. The van der Waals surface area contributed by atoms with E-state index < -0.39 is 4.92 Å². The van der Waals surface area contributed by atoms with Crippen molar-refractivity contribution >= 4 is 11.6 Å². The monoisotopic (exact) mass is 372 g/mol. The van der Waals surface area contributed by atoms with Gasteiger partial charge in [-0.25, -0.2) is 0 Å². The number of carbonyl (C=O) groups is 1. The van der Waals surface area contributed by atoms with Gasteiger partial charge in [-0.2, -0.15) is 0 Å². The quantitative estimate of drug-likeness (QED) is 0.533. The Hall–Kier alpha value is -3.09. The van der Waals surface area contributed by atoms with Crippen LogP contribution in [0.3, 0.4) is 0 Å². The lowest BCUT2D eigenvalue weighted by molar-refractivity contribution is -0.385. The molecule has 0 heterocycles. The Labute approximate surface area is 158 Å². The fraction of sp³-hybridized carbons (Fsp3) is 0.350. The van der Waals surface area contributed by atoms with E-state index in [0.29, 0.717) is 11.7 Å². The minimum absolute atomic E-state index is 0.130. The molecule has 0 radical (unpaired) electrons. The molecular formula is C20H24N2O5. The van der Waals surface area contributed by atoms with Crippen LogP contribution in [-0.2, 0) is 4.79 Å². The Balaban J connectivity index is 2.06. The first-order valence-electron chi connectivity index (χ1n) is 8.70. The molecule has 7 nitrogen and oxygen atoms in total. The summed E-state index contributed by atoms with van der Waals surface area (Å²) in [5.41, 5.74) is 0.889. The van der Waals surface area contributed by atoms with Crippen LogP contribution in [0.15, 0.2) is 48.5 Å². The third-order valence-electron chi connectivity index (χ3n) is 3.96. The maximum atomic E-state index is 12.4. The molecular weight excluding hydrogens is 348 g/mol. The third-order valence-corrected chi connectivity index (χ3v) is 3.96. The Morgan fingerprint density at radius 3 is 2.44 bits per heavy atom. The average Bonchev–Trinajstić information content (AvgIpc) is 2.65. The molecule has 0 fully saturated rings. The van der Waals surface area contributed by atoms with Gasteiger partial charge in [0, 0.05) is 6.07 Å². The number of hydrogen-bond donors (Lipinski definition) is 1. The number of non-ortho nitro benzene ring substituents is 1. The molecule has 0 aliphatic heterocycles. The Morgan fingerprint density at radius 1 is 1.15 bits per heavy atom. The maximum Gasteiger partial charge on any atom is 0.273 e. The first-order chi connectivity index (χ1) is 12.9. The van der Waals surface area contributed by atoms with Crippen molar-refractivity contribution in [3.63, 3.8) is 0 Å². The Morgan fingerprint density at radius 2 is 1.85 bits per heavy atom. The summed E-state index contributed by atoms with van der Waals surface area (Å²) in [7, 11) is 1.43. The smallest absolute Gasteiger partial charge is 0.273 e. The first-order valence-corrected chi connectivity index (χ1v) is 8.70. The second-order valence-electron chi connectivity index (χ2n) is 6.54. The van der Waals surface area contributed by atoms with Crippen LogP contribution < -0.4 is 14.8 Å². The molecule has 0 spiro atoms. The fourth-order valence-electron chi connectivity index (χ4n) is 2.71. The van der Waals surface area contributed by atoms with E-state index in [1.165, 1.54) is 25.3 Å². The number of nitrogens with zero attached hydrogens (tertiary/aromatic N) is 1. The largest absolute Gasteiger partial charge is 0.493 e. The summed E-state index contributed by atoms with van der Waals surface area (Å²) in [5.74, 6) is 0.573. The number of nitrogens with one attached hydrogen (secondary N) is 1. The normalized spacial score (nSPS) is 11.7. The highest BCUT2D eigenvalue weighted by Gasteiger charge is 2.18. The maximum absolute atomic E-state index is 12.4. The Bertz CT molecular complexity index is 777. The fourth-order valence-corrected chi connectivity index (χ4v) is 2.71. The van der Waals surface area contributed by atoms with Crippen molar-refractivity contribution in [1.29, 1.82) is 0 Å². The van der Waals surface area contributed by atoms with E-state index in [2.05, 4.69) is 19.2 Å². The summed E-state index contributed by atoms with van der Waals surface area (Å²) in [6.07, 6.45) is 0.788. The van der Waals surface area contributed by atoms with Crippen molar-refractivity contribution in [2.45, 2.75) is 26.3 Å². The van der Waals surface area contributed by atoms with Crippen LogP contribution in [0.25, 0.3) is 0 Å². The van der Waals surface area contributed by atoms with Crippen molar-refractivity contribution in [1.82, 2.24) is 5.32 Å². The lowest BCUT2D eigenvalue weighted by Gasteiger charge is -2.21. The molecule has 0 unspecified atom stereocenters. The number of nitro benzene ring substituents is 1. The number of benzene rings is 2. The van der Waals surface area contributed by atoms with Gasteiger partial charge in [0.1, 0.15) is 0 Å². The van der Waals surface area contributed by atoms with E-state index >= 15 is 0 Å². The molecule has 0 bridgehead atoms. The topological polar surface area (TPSA) is 90.7 Å². The first kappa shape index (κ1) is 20.2. The predicted molar refractivity (Wildman–Crippen MR) is 102 cm³/mol. The van der Waals surface area contributed by atoms with Crippen molar-refractivity contribution in [2.24, 2.45) is 5.92 Å². The summed E-state index contributed by atoms with van der Waals surface area (Å²) >= 11 is 0. The molecule has 2 aromatic carbocycles. The van der Waals surface area contributed by atoms with Gasteiger partial charge in [0.25, 0.3) is 11.6 Å². The highest BCUT2D eigenvalue weighted by atomic mass is 16.6. The van der Waals surface area contributed by atoms with Crippen LogP contribution >= 0.6 is 0 Å². The molecule has 2 rings (SSSR count). The van der Waals surface area contributed by atoms with Gasteiger partial charge in [0.05, 0.1) is 24.1 Å². The Kier molecular flexibility index (Phi) is 7.16. The summed E-state index contributed by atoms with van der Waals surface area (Å²) in [4.78, 5) is 22.8. The van der Waals surface area contributed by atoms with Crippen LogP contribution in [0.1, 0.15) is 31.9 Å². The second-order valence-corrected chi connectivity index (χ2v) is 6.54. The van der Waals surface area contributed by atoms with Crippen molar-refractivity contribution in [3.05, 3.63) is 64.2 Å². The van der Waals surface area contributed by atoms with Gasteiger partial charge in [-0.3, -0.25) is 14.9 Å². The highest BCUT2D eigenvalue weighted by Crippen LogP contribution is 2.31. The van der Waals surface area contributed by atoms with Gasteiger partial charge in [0.2, 0.25) is 0 Å². The van der Waals surface area contributed by atoms with Crippen LogP contribution in [0.5, 0.6) is 11.5 Å². The molecule has 1 amide bonds. The van der Waals surface area contributed by atoms with E-state index in [0.717, 1.165) is 12.0 Å². The van der Waals surface area contributed by atoms with Crippen molar-refractivity contribution < 1.29 is 19.2 Å². The predicted octanol–water partition coefficient (Wildman–Crippen LogP) is 3.89. The summed E-state index contributed by atoms with van der Waals surface area (Å²) < 4.78 is 10.6. The molecule has 7 heteroatoms. The minimum Gasteiger partial charge on any atom is -0.493 e.